The molecule has 0 N–H and O–H groups in total. The molecule has 1 saturated heterocycles. The average Bonchev–Trinajstić information content (AvgIpc) is 2.04. The third-order valence-electron chi connectivity index (χ3n) is 3.18. The highest BCUT2D eigenvalue weighted by Crippen LogP contribution is 2.17. The molecule has 1 rings (SSSR count). The van der Waals surface area contributed by atoms with Crippen molar-refractivity contribution in [2.75, 3.05) is 34.7 Å². The zero-order chi connectivity index (χ0) is 10.8. The minimum Gasteiger partial charge on any atom is -0.340 e. The molecule has 82 valence electrons. The van der Waals surface area contributed by atoms with E-state index in [0.717, 1.165) is 23.9 Å². The smallest absolute Gasteiger partial charge is 0.222 e. The van der Waals surface area contributed by atoms with Gasteiger partial charge in [0.05, 0.1) is 27.7 Å². The Morgan fingerprint density at radius 2 is 1.93 bits per heavy atom. The first-order chi connectivity index (χ1) is 6.41. The van der Waals surface area contributed by atoms with E-state index in [0.29, 0.717) is 11.9 Å². The van der Waals surface area contributed by atoms with Crippen LogP contribution in [0, 0.1) is 0 Å². The van der Waals surface area contributed by atoms with E-state index in [1.54, 1.807) is 0 Å². The van der Waals surface area contributed by atoms with Crippen LogP contribution in [0.3, 0.4) is 0 Å². The fourth-order valence-corrected chi connectivity index (χ4v) is 1.99. The summed E-state index contributed by atoms with van der Waals surface area (Å²) in [5.74, 6) is 0.308. The van der Waals surface area contributed by atoms with Crippen LogP contribution in [0.25, 0.3) is 0 Å². The molecule has 0 saturated carbocycles. The number of quaternary nitrogens is 1. The van der Waals surface area contributed by atoms with E-state index in [9.17, 15) is 4.79 Å². The Balaban J connectivity index is 2.64. The van der Waals surface area contributed by atoms with Crippen molar-refractivity contribution < 1.29 is 9.28 Å². The van der Waals surface area contributed by atoms with E-state index in [2.05, 4.69) is 21.1 Å². The maximum atomic E-state index is 11.6. The summed E-state index contributed by atoms with van der Waals surface area (Å²) in [5, 5.41) is 0. The molecule has 0 spiro atoms. The quantitative estimate of drug-likeness (QED) is 0.579. The van der Waals surface area contributed by atoms with E-state index in [-0.39, 0.29) is 0 Å². The summed E-state index contributed by atoms with van der Waals surface area (Å²) in [6, 6.07) is 0.587. The molecule has 0 bridgehead atoms. The number of rotatable bonds is 1. The third-order valence-corrected chi connectivity index (χ3v) is 3.18. The van der Waals surface area contributed by atoms with Crippen molar-refractivity contribution in [2.45, 2.75) is 31.7 Å². The summed E-state index contributed by atoms with van der Waals surface area (Å²) >= 11 is 0. The van der Waals surface area contributed by atoms with Gasteiger partial charge in [-0.2, -0.15) is 0 Å². The maximum absolute atomic E-state index is 11.6. The molecule has 0 radical (unpaired) electrons. The van der Waals surface area contributed by atoms with Crippen LogP contribution >= 0.6 is 0 Å². The minimum absolute atomic E-state index is 0.308. The molecule has 0 aromatic carbocycles. The molecule has 1 aliphatic rings. The Bertz CT molecular complexity index is 208. The van der Waals surface area contributed by atoms with Crippen molar-refractivity contribution in [1.82, 2.24) is 4.90 Å². The molecule has 1 fully saturated rings. The van der Waals surface area contributed by atoms with Crippen molar-refractivity contribution in [3.05, 3.63) is 0 Å². The molecule has 0 aromatic rings. The standard InChI is InChI=1S/C11H23N2O/c1-12-9-10(13(2,3)4)7-5-6-8-11(12)14/h10H,5-9H2,1-4H3/q+1/t10-/m0/s1. The second kappa shape index (κ2) is 4.30. The first-order valence-corrected chi connectivity index (χ1v) is 5.46. The van der Waals surface area contributed by atoms with Crippen molar-refractivity contribution in [3.8, 4) is 0 Å². The second-order valence-corrected chi connectivity index (χ2v) is 5.29. The molecule has 1 heterocycles. The van der Waals surface area contributed by atoms with Gasteiger partial charge in [0.2, 0.25) is 5.91 Å². The van der Waals surface area contributed by atoms with Crippen LogP contribution in [0.1, 0.15) is 25.7 Å². The minimum atomic E-state index is 0.308. The van der Waals surface area contributed by atoms with Gasteiger partial charge in [-0.25, -0.2) is 0 Å². The summed E-state index contributed by atoms with van der Waals surface area (Å²) < 4.78 is 0.956. The Labute approximate surface area is 87.3 Å². The predicted molar refractivity (Wildman–Crippen MR) is 57.9 cm³/mol. The van der Waals surface area contributed by atoms with E-state index >= 15 is 0 Å². The molecule has 0 aromatic heterocycles. The molecule has 1 amide bonds. The summed E-state index contributed by atoms with van der Waals surface area (Å²) in [6.07, 6.45) is 4.22. The van der Waals surface area contributed by atoms with Gasteiger partial charge in [-0.1, -0.05) is 0 Å². The van der Waals surface area contributed by atoms with E-state index in [1.165, 1.54) is 12.8 Å². The fourth-order valence-electron chi connectivity index (χ4n) is 1.99. The molecule has 0 unspecified atom stereocenters. The summed E-state index contributed by atoms with van der Waals surface area (Å²) in [5.41, 5.74) is 0. The van der Waals surface area contributed by atoms with Crippen molar-refractivity contribution in [2.24, 2.45) is 0 Å². The van der Waals surface area contributed by atoms with E-state index in [4.69, 9.17) is 0 Å². The Kier molecular flexibility index (Phi) is 3.53. The van der Waals surface area contributed by atoms with Gasteiger partial charge in [0.15, 0.2) is 0 Å². The van der Waals surface area contributed by atoms with Gasteiger partial charge in [-0.3, -0.25) is 4.79 Å². The summed E-state index contributed by atoms with van der Waals surface area (Å²) in [6.45, 7) is 0.905. The molecule has 0 aliphatic carbocycles. The molecule has 1 atom stereocenters. The van der Waals surface area contributed by atoms with Gasteiger partial charge >= 0.3 is 0 Å². The summed E-state index contributed by atoms with van der Waals surface area (Å²) in [4.78, 5) is 13.5. The van der Waals surface area contributed by atoms with E-state index in [1.807, 2.05) is 11.9 Å². The van der Waals surface area contributed by atoms with E-state index < -0.39 is 0 Å². The van der Waals surface area contributed by atoms with Crippen LogP contribution in [-0.4, -0.2) is 56.1 Å². The van der Waals surface area contributed by atoms with Gasteiger partial charge in [-0.05, 0) is 12.8 Å². The van der Waals surface area contributed by atoms with Crippen LogP contribution in [0.4, 0.5) is 0 Å². The number of likely N-dealkylation sites (N-methyl/N-ethyl adjacent to an activating group) is 2. The largest absolute Gasteiger partial charge is 0.340 e. The van der Waals surface area contributed by atoms with Gasteiger partial charge in [0.25, 0.3) is 0 Å². The van der Waals surface area contributed by atoms with Crippen LogP contribution in [0.2, 0.25) is 0 Å². The number of likely N-dealkylation sites (tertiary alicyclic amines) is 1. The van der Waals surface area contributed by atoms with Crippen molar-refractivity contribution >= 4 is 5.91 Å². The normalized spacial score (nSPS) is 25.9. The third kappa shape index (κ3) is 2.98. The Hall–Kier alpha value is -0.570. The average molecular weight is 199 g/mol. The Morgan fingerprint density at radius 1 is 1.29 bits per heavy atom. The molecule has 3 heteroatoms. The van der Waals surface area contributed by atoms with Crippen LogP contribution < -0.4 is 0 Å². The van der Waals surface area contributed by atoms with Gasteiger partial charge in [0, 0.05) is 19.9 Å². The topological polar surface area (TPSA) is 20.3 Å². The first kappa shape index (κ1) is 11.5. The molecular formula is C11H23N2O+. The number of hydrogen-bond acceptors (Lipinski definition) is 1. The summed E-state index contributed by atoms with van der Waals surface area (Å²) in [7, 11) is 8.57. The molecule has 3 nitrogen and oxygen atoms in total. The van der Waals surface area contributed by atoms with Crippen LogP contribution in [0.15, 0.2) is 0 Å². The predicted octanol–water partition coefficient (Wildman–Crippen LogP) is 1.09. The number of amides is 1. The van der Waals surface area contributed by atoms with Crippen LogP contribution in [0.5, 0.6) is 0 Å². The SMILES string of the molecule is CN1C[C@@H]([N+](C)(C)C)CCCCC1=O. The second-order valence-electron chi connectivity index (χ2n) is 5.29. The zero-order valence-corrected chi connectivity index (χ0v) is 9.92. The van der Waals surface area contributed by atoms with Gasteiger partial charge in [-0.15, -0.1) is 0 Å². The molecular weight excluding hydrogens is 176 g/mol. The van der Waals surface area contributed by atoms with Crippen LogP contribution in [-0.2, 0) is 4.79 Å². The number of carbonyl (C=O) groups excluding carboxylic acids is 1. The monoisotopic (exact) mass is 199 g/mol. The highest BCUT2D eigenvalue weighted by Gasteiger charge is 2.27. The number of nitrogens with zero attached hydrogens (tertiary/aromatic N) is 2. The maximum Gasteiger partial charge on any atom is 0.222 e. The zero-order valence-electron chi connectivity index (χ0n) is 9.92. The fraction of sp³-hybridized carbons (Fsp3) is 0.909. The lowest BCUT2D eigenvalue weighted by atomic mass is 10.0. The Morgan fingerprint density at radius 3 is 2.50 bits per heavy atom. The molecule has 14 heavy (non-hydrogen) atoms. The van der Waals surface area contributed by atoms with Crippen molar-refractivity contribution in [3.63, 3.8) is 0 Å². The first-order valence-electron chi connectivity index (χ1n) is 5.46. The highest BCUT2D eigenvalue weighted by molar-refractivity contribution is 5.75. The van der Waals surface area contributed by atoms with Crippen molar-refractivity contribution in [1.29, 1.82) is 0 Å². The lowest BCUT2D eigenvalue weighted by Gasteiger charge is -2.37. The van der Waals surface area contributed by atoms with Gasteiger partial charge < -0.3 is 9.38 Å². The molecule has 1 aliphatic heterocycles. The number of carbonyl (C=O) groups is 1. The lowest BCUT2D eigenvalue weighted by molar-refractivity contribution is -0.895. The number of hydrogen-bond donors (Lipinski definition) is 0. The highest BCUT2D eigenvalue weighted by atomic mass is 16.2. The lowest BCUT2D eigenvalue weighted by Crippen LogP contribution is -2.52. The van der Waals surface area contributed by atoms with Gasteiger partial charge in [0.1, 0.15) is 6.04 Å².